The Bertz CT molecular complexity index is 2310. The summed E-state index contributed by atoms with van der Waals surface area (Å²) in [6.07, 6.45) is -1.71. The van der Waals surface area contributed by atoms with Crippen LogP contribution in [0.15, 0.2) is 66.2 Å². The Hall–Kier alpha value is -6.87. The molecule has 2 bridgehead atoms. The van der Waals surface area contributed by atoms with Gasteiger partial charge in [0, 0.05) is 32.7 Å². The molecular weight excluding hydrogens is 933 g/mol. The third kappa shape index (κ3) is 15.3. The molecule has 0 aromatic heterocycles. The number of nitrogens with one attached hydrogen (secondary N) is 5. The van der Waals surface area contributed by atoms with E-state index in [9.17, 15) is 53.7 Å². The number of cyclic esters (lactones) is 1. The van der Waals surface area contributed by atoms with Gasteiger partial charge in [0.1, 0.15) is 60.4 Å². The predicted octanol–water partition coefficient (Wildman–Crippen LogP) is 0.266. The van der Waals surface area contributed by atoms with Gasteiger partial charge in [0.25, 0.3) is 0 Å². The zero-order valence-corrected chi connectivity index (χ0v) is 41.5. The highest BCUT2D eigenvalue weighted by atomic mass is 16.5. The van der Waals surface area contributed by atoms with Gasteiger partial charge in [-0.25, -0.2) is 4.79 Å². The van der Waals surface area contributed by atoms with E-state index < -0.39 is 120 Å². The number of aromatic hydroxyl groups is 1. The van der Waals surface area contributed by atoms with Crippen LogP contribution < -0.4 is 32.3 Å². The van der Waals surface area contributed by atoms with Gasteiger partial charge in [0.2, 0.25) is 47.3 Å². The Balaban J connectivity index is 1.64. The maximum Gasteiger partial charge on any atom is 0.329 e. The molecule has 72 heavy (non-hydrogen) atoms. The first kappa shape index (κ1) is 56.0. The number of hydrogen-bond donors (Lipinski definition) is 9. The number of fused-ring (bicyclic) bond motifs is 2. The Morgan fingerprint density at radius 2 is 1.49 bits per heavy atom. The third-order valence-electron chi connectivity index (χ3n) is 13.2. The number of amides is 8. The van der Waals surface area contributed by atoms with Crippen molar-refractivity contribution in [3.63, 3.8) is 0 Å². The fourth-order valence-corrected chi connectivity index (χ4v) is 9.03. The number of nitrogens with zero attached hydrogens (tertiary/aromatic N) is 2. The lowest BCUT2D eigenvalue weighted by Crippen LogP contribution is -2.65. The molecule has 1 aliphatic carbocycles. The molecule has 5 rings (SSSR count). The second kappa shape index (κ2) is 26.0. The summed E-state index contributed by atoms with van der Waals surface area (Å²) in [4.78, 5) is 129. The summed E-state index contributed by atoms with van der Waals surface area (Å²) in [6.45, 7) is 6.27. The van der Waals surface area contributed by atoms with Crippen molar-refractivity contribution in [2.75, 3.05) is 7.05 Å². The third-order valence-corrected chi connectivity index (χ3v) is 13.2. The fraction of sp³-hybridized carbons (Fsp3) is 0.549. The predicted molar refractivity (Wildman–Crippen MR) is 260 cm³/mol. The van der Waals surface area contributed by atoms with Gasteiger partial charge in [0.05, 0.1) is 6.10 Å². The van der Waals surface area contributed by atoms with Crippen molar-refractivity contribution in [3.8, 4) is 5.75 Å². The first-order chi connectivity index (χ1) is 34.2. The van der Waals surface area contributed by atoms with Crippen molar-refractivity contribution in [2.45, 2.75) is 165 Å². The van der Waals surface area contributed by atoms with Crippen molar-refractivity contribution >= 4 is 53.2 Å². The number of aliphatic hydroxyl groups is 2. The Morgan fingerprint density at radius 1 is 0.819 bits per heavy atom. The Kier molecular flexibility index (Phi) is 20.2. The zero-order chi connectivity index (χ0) is 52.8. The summed E-state index contributed by atoms with van der Waals surface area (Å²) < 4.78 is 5.91. The number of benzene rings is 2. The van der Waals surface area contributed by atoms with Crippen LogP contribution in [-0.4, -0.2) is 146 Å². The number of carbonyl (C=O) groups excluding carboxylic acids is 9. The van der Waals surface area contributed by atoms with Crippen molar-refractivity contribution in [2.24, 2.45) is 11.7 Å². The number of esters is 1. The molecule has 10 N–H and O–H groups in total. The van der Waals surface area contributed by atoms with Gasteiger partial charge in [-0.05, 0) is 87.5 Å². The van der Waals surface area contributed by atoms with Gasteiger partial charge in [0.15, 0.2) is 0 Å². The summed E-state index contributed by atoms with van der Waals surface area (Å²) in [7, 11) is 1.35. The van der Waals surface area contributed by atoms with Gasteiger partial charge in [-0.1, -0.05) is 74.9 Å². The van der Waals surface area contributed by atoms with Crippen LogP contribution in [0.25, 0.3) is 0 Å². The van der Waals surface area contributed by atoms with Crippen LogP contribution in [0.3, 0.4) is 0 Å². The molecule has 0 saturated carbocycles. The molecule has 8 amide bonds. The SMILES string of the molecule is CCCC(=O)N[C@@H](CCC(N)=O)C(=O)N[C@@H]1C(=O)N[C@@H](CC2=CC[C@H](O)CC2)C(=O)NC2CC[C@@H](O)N(C2=O)[C@@H](Cc2ccccc2)C(=O)N(C)[C@@H](Cc2ccc(O)cc2)C(=O)N[C@@H](C(C)C)C(=O)O[C@@H]1C. The topological polar surface area (TPSA) is 316 Å². The Morgan fingerprint density at radius 3 is 2.11 bits per heavy atom. The zero-order valence-electron chi connectivity index (χ0n) is 41.5. The minimum Gasteiger partial charge on any atom is -0.508 e. The summed E-state index contributed by atoms with van der Waals surface area (Å²) >= 11 is 0. The second-order valence-electron chi connectivity index (χ2n) is 19.2. The highest BCUT2D eigenvalue weighted by Gasteiger charge is 2.46. The van der Waals surface area contributed by atoms with E-state index in [1.807, 2.05) is 0 Å². The number of likely N-dealkylation sites (N-methyl/N-ethyl adjacent to an activating group) is 1. The monoisotopic (exact) mass is 1000 g/mol. The molecule has 2 aromatic rings. The highest BCUT2D eigenvalue weighted by Crippen LogP contribution is 2.27. The number of nitrogens with two attached hydrogens (primary N) is 1. The van der Waals surface area contributed by atoms with E-state index >= 15 is 4.79 Å². The number of ether oxygens (including phenoxy) is 1. The van der Waals surface area contributed by atoms with Gasteiger partial charge in [-0.2, -0.15) is 0 Å². The smallest absolute Gasteiger partial charge is 0.329 e. The average Bonchev–Trinajstić information content (AvgIpc) is 3.33. The summed E-state index contributed by atoms with van der Waals surface area (Å²) in [6, 6.07) is 4.33. The molecule has 1 unspecified atom stereocenters. The van der Waals surface area contributed by atoms with Crippen LogP contribution >= 0.6 is 0 Å². The lowest BCUT2D eigenvalue weighted by atomic mass is 9.91. The number of hydrogen-bond acceptors (Lipinski definition) is 13. The minimum atomic E-state index is -1.80. The van der Waals surface area contributed by atoms with E-state index in [0.29, 0.717) is 36.0 Å². The van der Waals surface area contributed by atoms with Crippen molar-refractivity contribution in [3.05, 3.63) is 77.4 Å². The van der Waals surface area contributed by atoms with Crippen LogP contribution in [0, 0.1) is 5.92 Å². The van der Waals surface area contributed by atoms with Crippen LogP contribution in [0.2, 0.25) is 0 Å². The molecule has 3 aliphatic rings. The van der Waals surface area contributed by atoms with E-state index in [-0.39, 0.29) is 63.5 Å². The molecule has 392 valence electrons. The quantitative estimate of drug-likeness (QED) is 0.0856. The van der Waals surface area contributed by atoms with Gasteiger partial charge < -0.3 is 62.2 Å². The van der Waals surface area contributed by atoms with Crippen LogP contribution in [0.5, 0.6) is 5.75 Å². The maximum atomic E-state index is 15.1. The lowest BCUT2D eigenvalue weighted by molar-refractivity contribution is -0.165. The van der Waals surface area contributed by atoms with Crippen LogP contribution in [0.4, 0.5) is 0 Å². The molecule has 0 radical (unpaired) electrons. The second-order valence-corrected chi connectivity index (χ2v) is 19.2. The molecule has 2 aliphatic heterocycles. The highest BCUT2D eigenvalue weighted by molar-refractivity contribution is 5.98. The first-order valence-corrected chi connectivity index (χ1v) is 24.6. The fourth-order valence-electron chi connectivity index (χ4n) is 9.03. The Labute approximate surface area is 419 Å². The van der Waals surface area contributed by atoms with E-state index in [1.165, 1.54) is 26.1 Å². The first-order valence-electron chi connectivity index (χ1n) is 24.6. The van der Waals surface area contributed by atoms with Gasteiger partial charge in [-0.3, -0.25) is 38.4 Å². The molecular formula is C51H70N8O13. The van der Waals surface area contributed by atoms with Gasteiger partial charge >= 0.3 is 5.97 Å². The van der Waals surface area contributed by atoms with E-state index in [1.54, 1.807) is 69.3 Å². The molecule has 2 aromatic carbocycles. The standard InChI is InChI=1S/C51H70N8O13/c1-6-10-41(63)53-35(21-23-40(52)62)45(65)57-44-29(4)72-51(71)43(28(2)3)56-47(67)38(26-32-15-19-34(61)20-16-32)58(5)50(70)39(27-30-11-8-7-9-12-30)59-42(64)24-22-36(49(59)69)54-46(66)37(55-48(44)68)25-31-13-17-33(60)18-14-31/h7-9,11-13,15-16,19-20,28-29,33,35-39,42-44,60-61,64H,6,10,14,17-18,21-27H2,1-5H3,(H2,52,62)(H,53,63)(H,54,66)(H,55,68)(H,56,67)(H,57,65)/t29-,33+,35+,36?,37+,38+,39+,42-,43+,44+/m1/s1. The number of aliphatic hydroxyl groups excluding tert-OH is 2. The number of rotatable bonds is 15. The minimum absolute atomic E-state index is 0.0257. The number of carbonyl (C=O) groups is 9. The number of phenolic OH excluding ortho intramolecular Hbond substituents is 1. The summed E-state index contributed by atoms with van der Waals surface area (Å²) in [5, 5.41) is 45.2. The van der Waals surface area contributed by atoms with Crippen molar-refractivity contribution in [1.82, 2.24) is 36.4 Å². The van der Waals surface area contributed by atoms with E-state index in [2.05, 4.69) is 26.6 Å². The van der Waals surface area contributed by atoms with E-state index in [4.69, 9.17) is 10.5 Å². The van der Waals surface area contributed by atoms with Crippen molar-refractivity contribution < 1.29 is 63.2 Å². The number of primary amides is 1. The maximum absolute atomic E-state index is 15.1. The molecule has 21 nitrogen and oxygen atoms in total. The van der Waals surface area contributed by atoms with Crippen LogP contribution in [0.1, 0.15) is 103 Å². The molecule has 2 fully saturated rings. The van der Waals surface area contributed by atoms with Gasteiger partial charge in [-0.15, -0.1) is 0 Å². The normalized spacial score (nSPS) is 26.4. The van der Waals surface area contributed by atoms with E-state index in [0.717, 1.165) is 9.80 Å². The molecule has 21 heteroatoms. The number of piperidine rings is 1. The van der Waals surface area contributed by atoms with Crippen molar-refractivity contribution in [1.29, 1.82) is 0 Å². The number of phenols is 1. The summed E-state index contributed by atoms with van der Waals surface area (Å²) in [5.74, 6) is -8.36. The lowest BCUT2D eigenvalue weighted by Gasteiger charge is -2.43. The summed E-state index contributed by atoms with van der Waals surface area (Å²) in [5.41, 5.74) is 7.18. The van der Waals surface area contributed by atoms with Crippen LogP contribution in [-0.2, 0) is 60.7 Å². The molecule has 10 atom stereocenters. The largest absolute Gasteiger partial charge is 0.508 e. The molecule has 0 spiro atoms. The molecule has 2 heterocycles. The molecule has 2 saturated heterocycles. The average molecular weight is 1000 g/mol.